The predicted molar refractivity (Wildman–Crippen MR) is 204 cm³/mol. The summed E-state index contributed by atoms with van der Waals surface area (Å²) >= 11 is 0. The Morgan fingerprint density at radius 1 is 0.706 bits per heavy atom. The van der Waals surface area contributed by atoms with Crippen LogP contribution in [0.3, 0.4) is 0 Å². The van der Waals surface area contributed by atoms with E-state index in [0.717, 1.165) is 67.8 Å². The fourth-order valence-electron chi connectivity index (χ4n) is 7.04. The van der Waals surface area contributed by atoms with Crippen LogP contribution < -0.4 is 4.74 Å². The molecule has 254 valence electrons. The van der Waals surface area contributed by atoms with Crippen LogP contribution in [0, 0.1) is 38.8 Å². The molecule has 0 atom stereocenters. The van der Waals surface area contributed by atoms with E-state index in [1.807, 2.05) is 35.1 Å². The van der Waals surface area contributed by atoms with Crippen LogP contribution in [0.1, 0.15) is 36.4 Å². The van der Waals surface area contributed by atoms with Crippen LogP contribution in [0.5, 0.6) is 11.5 Å². The number of hydrogen-bond acceptors (Lipinski definition) is 3. The van der Waals surface area contributed by atoms with E-state index in [-0.39, 0.29) is 21.1 Å². The molecule has 0 spiro atoms. The third-order valence-corrected chi connectivity index (χ3v) is 9.22. The smallest absolute Gasteiger partial charge is 0.509 e. The Kier molecular flexibility index (Phi) is 9.50. The largest absolute Gasteiger partial charge is 2.00 e. The van der Waals surface area contributed by atoms with Crippen molar-refractivity contribution in [1.82, 2.24) is 19.3 Å². The van der Waals surface area contributed by atoms with Crippen LogP contribution >= 0.6 is 0 Å². The molecule has 8 rings (SSSR count). The molecule has 0 aliphatic heterocycles. The number of rotatable bonds is 8. The SMILES string of the molecule is Cc1ccnc(-n2c3[c-]c(Oc4[c-]c(-n5nc(C)c(-c6ccccc6)c5C)cc(CC(C)C)c4)ccc3c3cc(-c4ccccc4)ccc32)c1.[Pt+2]. The molecule has 0 aliphatic rings. The van der Waals surface area contributed by atoms with Crippen LogP contribution in [0.4, 0.5) is 0 Å². The summed E-state index contributed by atoms with van der Waals surface area (Å²) < 4.78 is 10.8. The monoisotopic (exact) mass is 845 g/mol. The number of nitrogens with zero attached hydrogens (tertiary/aromatic N) is 4. The number of ether oxygens (including phenoxy) is 1. The number of fused-ring (bicyclic) bond motifs is 3. The standard InChI is InChI=1S/C45H38N4O.Pt/c1-29(2)22-33-24-37(49-32(5)45(31(4)47-49)35-14-10-7-11-15-35)27-39(25-33)50-38-17-18-40-41-26-36(34-12-8-6-9-13-34)16-19-42(41)48(43(40)28-38)44-23-30(3)20-21-46-44;/h6-21,23-26,29H,22H2,1-5H3;/q-2;+2. The zero-order chi connectivity index (χ0) is 34.4. The molecule has 0 aliphatic carbocycles. The molecule has 6 heteroatoms. The first-order valence-corrected chi connectivity index (χ1v) is 17.2. The zero-order valence-electron chi connectivity index (χ0n) is 29.3. The van der Waals surface area contributed by atoms with Gasteiger partial charge in [0.05, 0.1) is 5.69 Å². The Bertz CT molecular complexity index is 2500. The molecule has 0 unspecified atom stereocenters. The van der Waals surface area contributed by atoms with Gasteiger partial charge in [-0.05, 0) is 84.6 Å². The third-order valence-electron chi connectivity index (χ3n) is 9.22. The number of benzene rings is 5. The molecule has 0 bridgehead atoms. The van der Waals surface area contributed by atoms with Crippen molar-refractivity contribution in [2.24, 2.45) is 5.92 Å². The van der Waals surface area contributed by atoms with Crippen LogP contribution in [0.2, 0.25) is 0 Å². The maximum absolute atomic E-state index is 6.65. The summed E-state index contributed by atoms with van der Waals surface area (Å²) in [6.07, 6.45) is 2.77. The number of aromatic nitrogens is 4. The van der Waals surface area contributed by atoms with Gasteiger partial charge in [-0.2, -0.15) is 16.7 Å². The van der Waals surface area contributed by atoms with Crippen molar-refractivity contribution in [3.8, 4) is 45.3 Å². The first-order valence-electron chi connectivity index (χ1n) is 17.2. The summed E-state index contributed by atoms with van der Waals surface area (Å²) in [5.74, 6) is 2.56. The number of pyridine rings is 1. The van der Waals surface area contributed by atoms with Crippen molar-refractivity contribution < 1.29 is 25.8 Å². The maximum Gasteiger partial charge on any atom is 2.00 e. The number of hydrogen-bond donors (Lipinski definition) is 0. The summed E-state index contributed by atoms with van der Waals surface area (Å²) in [7, 11) is 0. The van der Waals surface area contributed by atoms with E-state index in [0.29, 0.717) is 17.4 Å². The summed E-state index contributed by atoms with van der Waals surface area (Å²) in [4.78, 5) is 4.79. The zero-order valence-corrected chi connectivity index (χ0v) is 31.6. The van der Waals surface area contributed by atoms with Gasteiger partial charge in [0.25, 0.3) is 0 Å². The molecule has 0 saturated heterocycles. The minimum absolute atomic E-state index is 0. The van der Waals surface area contributed by atoms with E-state index < -0.39 is 0 Å². The second kappa shape index (κ2) is 14.2. The molecule has 3 aromatic heterocycles. The minimum atomic E-state index is 0. The van der Waals surface area contributed by atoms with Gasteiger partial charge in [-0.3, -0.25) is 4.68 Å². The van der Waals surface area contributed by atoms with Gasteiger partial charge in [0.2, 0.25) is 0 Å². The summed E-state index contributed by atoms with van der Waals surface area (Å²) in [6.45, 7) is 10.7. The summed E-state index contributed by atoms with van der Waals surface area (Å²) in [5.41, 5.74) is 11.8. The first-order chi connectivity index (χ1) is 24.3. The maximum atomic E-state index is 6.65. The quantitative estimate of drug-likeness (QED) is 0.143. The van der Waals surface area contributed by atoms with Crippen molar-refractivity contribution in [3.05, 3.63) is 156 Å². The van der Waals surface area contributed by atoms with Gasteiger partial charge in [-0.25, -0.2) is 4.98 Å². The van der Waals surface area contributed by atoms with Crippen LogP contribution in [-0.4, -0.2) is 19.3 Å². The molecule has 3 heterocycles. The molecule has 0 saturated carbocycles. The molecule has 0 fully saturated rings. The van der Waals surface area contributed by atoms with E-state index in [4.69, 9.17) is 14.8 Å². The van der Waals surface area contributed by atoms with E-state index in [1.54, 1.807) is 0 Å². The number of aryl methyl sites for hydroxylation is 2. The normalized spacial score (nSPS) is 11.3. The van der Waals surface area contributed by atoms with Gasteiger partial charge in [0, 0.05) is 34.5 Å². The molecule has 8 aromatic rings. The van der Waals surface area contributed by atoms with Crippen LogP contribution in [-0.2, 0) is 27.5 Å². The van der Waals surface area contributed by atoms with Gasteiger partial charge in [-0.1, -0.05) is 92.2 Å². The molecule has 51 heavy (non-hydrogen) atoms. The fourth-order valence-corrected chi connectivity index (χ4v) is 7.04. The van der Waals surface area contributed by atoms with Gasteiger partial charge in [-0.15, -0.1) is 35.7 Å². The van der Waals surface area contributed by atoms with Gasteiger partial charge < -0.3 is 9.30 Å². The first kappa shape index (κ1) is 34.2. The third kappa shape index (κ3) is 6.67. The van der Waals surface area contributed by atoms with Crippen molar-refractivity contribution >= 4 is 21.8 Å². The Hall–Kier alpha value is -5.25. The average molecular weight is 846 g/mol. The fraction of sp³-hybridized carbons (Fsp3) is 0.156. The molecule has 5 nitrogen and oxygen atoms in total. The van der Waals surface area contributed by atoms with E-state index >= 15 is 0 Å². The molecule has 5 aromatic carbocycles. The minimum Gasteiger partial charge on any atom is -0.509 e. The van der Waals surface area contributed by atoms with Crippen molar-refractivity contribution in [1.29, 1.82) is 0 Å². The summed E-state index contributed by atoms with van der Waals surface area (Å²) in [6, 6.07) is 47.3. The van der Waals surface area contributed by atoms with Crippen molar-refractivity contribution in [3.63, 3.8) is 0 Å². The Labute approximate surface area is 313 Å². The molecule has 0 radical (unpaired) electrons. The van der Waals surface area contributed by atoms with Crippen LogP contribution in [0.25, 0.3) is 55.6 Å². The van der Waals surface area contributed by atoms with Gasteiger partial charge >= 0.3 is 21.1 Å². The Morgan fingerprint density at radius 3 is 2.18 bits per heavy atom. The van der Waals surface area contributed by atoms with Gasteiger partial charge in [0.1, 0.15) is 5.82 Å². The molecular formula is C45H38N4OPt. The second-order valence-corrected chi connectivity index (χ2v) is 13.5. The van der Waals surface area contributed by atoms with E-state index in [9.17, 15) is 0 Å². The molecular weight excluding hydrogens is 808 g/mol. The van der Waals surface area contributed by atoms with Crippen molar-refractivity contribution in [2.75, 3.05) is 0 Å². The topological polar surface area (TPSA) is 44.9 Å². The molecule has 0 amide bonds. The average Bonchev–Trinajstić information content (AvgIpc) is 3.60. The Morgan fingerprint density at radius 2 is 1.45 bits per heavy atom. The van der Waals surface area contributed by atoms with E-state index in [2.05, 4.69) is 142 Å². The molecule has 0 N–H and O–H groups in total. The van der Waals surface area contributed by atoms with Crippen LogP contribution in [0.15, 0.2) is 121 Å². The summed E-state index contributed by atoms with van der Waals surface area (Å²) in [5, 5.41) is 7.21. The van der Waals surface area contributed by atoms with Gasteiger partial charge in [0.15, 0.2) is 0 Å². The Balaban J connectivity index is 0.00000406. The van der Waals surface area contributed by atoms with Crippen molar-refractivity contribution in [2.45, 2.75) is 41.0 Å². The predicted octanol–water partition coefficient (Wildman–Crippen LogP) is 11.2. The van der Waals surface area contributed by atoms with E-state index in [1.165, 1.54) is 16.7 Å². The second-order valence-electron chi connectivity index (χ2n) is 13.5.